The second-order valence-electron chi connectivity index (χ2n) is 12.3. The van der Waals surface area contributed by atoms with E-state index < -0.39 is 5.41 Å². The van der Waals surface area contributed by atoms with Crippen LogP contribution in [0.4, 0.5) is 23.3 Å². The Kier molecular flexibility index (Phi) is 5.41. The third-order valence-corrected chi connectivity index (χ3v) is 9.36. The summed E-state index contributed by atoms with van der Waals surface area (Å²) in [5.41, 5.74) is 1.43. The average molecular weight is 517 g/mol. The van der Waals surface area contributed by atoms with E-state index in [4.69, 9.17) is 4.98 Å². The lowest BCUT2D eigenvalue weighted by molar-refractivity contribution is -0.140. The molecule has 10 nitrogen and oxygen atoms in total. The van der Waals surface area contributed by atoms with Gasteiger partial charge in [0.05, 0.1) is 11.9 Å². The van der Waals surface area contributed by atoms with Crippen molar-refractivity contribution in [2.24, 2.45) is 10.8 Å². The molecular formula is C28H36N8O2. The van der Waals surface area contributed by atoms with E-state index in [9.17, 15) is 9.59 Å². The van der Waals surface area contributed by atoms with Crippen molar-refractivity contribution in [3.63, 3.8) is 0 Å². The molecule has 2 N–H and O–H groups in total. The lowest BCUT2D eigenvalue weighted by Crippen LogP contribution is -2.73. The summed E-state index contributed by atoms with van der Waals surface area (Å²) < 4.78 is 0. The lowest BCUT2D eigenvalue weighted by Gasteiger charge is -2.62. The monoisotopic (exact) mass is 516 g/mol. The molecule has 0 radical (unpaired) electrons. The van der Waals surface area contributed by atoms with Gasteiger partial charge in [-0.15, -0.1) is 0 Å². The maximum atomic E-state index is 13.8. The van der Waals surface area contributed by atoms with Gasteiger partial charge in [0, 0.05) is 68.4 Å². The fourth-order valence-electron chi connectivity index (χ4n) is 7.15. The summed E-state index contributed by atoms with van der Waals surface area (Å²) >= 11 is 0. The lowest BCUT2D eigenvalue weighted by atomic mass is 9.72. The SMILES string of the molecule is CC(C)N1CC2(CN(c3ccc(Nc4ncc5c(n4)N(C4CCCC4)C(=O)[C@]4(CCNC4=O)C5)nc3)C2)C1. The summed E-state index contributed by atoms with van der Waals surface area (Å²) in [5.74, 6) is 1.46. The number of carbonyl (C=O) groups is 2. The molecule has 38 heavy (non-hydrogen) atoms. The third-order valence-electron chi connectivity index (χ3n) is 9.36. The standard InChI is InChI=1S/C28H36N8O2/c1-18(2)34-14-27(15-34)16-35(17-27)21-7-8-22(30-13-21)32-26-31-12-19-11-28(9-10-29-24(28)37)25(38)36(23(19)33-26)20-5-3-4-6-20/h7-8,12-13,18,20H,3-6,9-11,14-17H2,1-2H3,(H,29,37)(H,30,31,32,33)/t28-/m1/s1. The number of hydrogen-bond acceptors (Lipinski definition) is 8. The van der Waals surface area contributed by atoms with Crippen LogP contribution < -0.4 is 20.4 Å². The van der Waals surface area contributed by atoms with E-state index in [0.29, 0.717) is 48.4 Å². The van der Waals surface area contributed by atoms with E-state index in [1.54, 1.807) is 6.20 Å². The molecule has 6 heterocycles. The Balaban J connectivity index is 1.08. The Hall–Kier alpha value is -3.27. The zero-order valence-electron chi connectivity index (χ0n) is 22.2. The van der Waals surface area contributed by atoms with Crippen molar-refractivity contribution in [2.75, 3.05) is 47.8 Å². The van der Waals surface area contributed by atoms with Gasteiger partial charge in [0.15, 0.2) is 0 Å². The van der Waals surface area contributed by atoms with Gasteiger partial charge >= 0.3 is 0 Å². The van der Waals surface area contributed by atoms with Gasteiger partial charge < -0.3 is 15.5 Å². The summed E-state index contributed by atoms with van der Waals surface area (Å²) in [6.45, 7) is 9.62. The van der Waals surface area contributed by atoms with Gasteiger partial charge in [-0.1, -0.05) is 12.8 Å². The first-order valence-electron chi connectivity index (χ1n) is 14.1. The predicted molar refractivity (Wildman–Crippen MR) is 144 cm³/mol. The summed E-state index contributed by atoms with van der Waals surface area (Å²) in [6, 6.07) is 4.76. The normalized spacial score (nSPS) is 26.6. The van der Waals surface area contributed by atoms with Crippen LogP contribution in [0.15, 0.2) is 24.5 Å². The molecule has 0 bridgehead atoms. The average Bonchev–Trinajstić information content (AvgIpc) is 3.50. The largest absolute Gasteiger partial charge is 0.369 e. The Morgan fingerprint density at radius 1 is 1.05 bits per heavy atom. The fraction of sp³-hybridized carbons (Fsp3) is 0.607. The van der Waals surface area contributed by atoms with Crippen LogP contribution in [-0.4, -0.2) is 76.5 Å². The van der Waals surface area contributed by atoms with Crippen molar-refractivity contribution in [2.45, 2.75) is 64.5 Å². The first kappa shape index (κ1) is 23.8. The summed E-state index contributed by atoms with van der Waals surface area (Å²) in [6.07, 6.45) is 8.61. The second-order valence-corrected chi connectivity index (χ2v) is 12.3. The first-order chi connectivity index (χ1) is 18.4. The molecule has 1 atom stereocenters. The van der Waals surface area contributed by atoms with Crippen molar-refractivity contribution in [3.05, 3.63) is 30.1 Å². The van der Waals surface area contributed by atoms with Crippen LogP contribution >= 0.6 is 0 Å². The van der Waals surface area contributed by atoms with E-state index in [-0.39, 0.29) is 17.9 Å². The molecule has 10 heteroatoms. The minimum Gasteiger partial charge on any atom is -0.369 e. The minimum absolute atomic E-state index is 0.0788. The van der Waals surface area contributed by atoms with E-state index >= 15 is 0 Å². The summed E-state index contributed by atoms with van der Waals surface area (Å²) in [4.78, 5) is 47.3. The Labute approximate surface area is 223 Å². The molecule has 1 saturated carbocycles. The fourth-order valence-corrected chi connectivity index (χ4v) is 7.15. The smallest absolute Gasteiger partial charge is 0.244 e. The molecule has 200 valence electrons. The Morgan fingerprint density at radius 2 is 1.84 bits per heavy atom. The number of aromatic nitrogens is 3. The molecule has 2 aromatic rings. The van der Waals surface area contributed by atoms with Gasteiger partial charge in [0.25, 0.3) is 0 Å². The van der Waals surface area contributed by atoms with Gasteiger partial charge in [-0.2, -0.15) is 4.98 Å². The van der Waals surface area contributed by atoms with E-state index in [1.807, 2.05) is 17.2 Å². The predicted octanol–water partition coefficient (Wildman–Crippen LogP) is 2.48. The molecule has 3 saturated heterocycles. The van der Waals surface area contributed by atoms with Crippen molar-refractivity contribution < 1.29 is 9.59 Å². The number of amides is 2. The molecule has 0 unspecified atom stereocenters. The number of fused-ring (bicyclic) bond motifs is 1. The third kappa shape index (κ3) is 3.67. The molecular weight excluding hydrogens is 480 g/mol. The number of rotatable bonds is 5. The number of nitrogens with zero attached hydrogens (tertiary/aromatic N) is 6. The second kappa shape index (κ2) is 8.62. The highest BCUT2D eigenvalue weighted by atomic mass is 16.2. The minimum atomic E-state index is -1.02. The van der Waals surface area contributed by atoms with Crippen molar-refractivity contribution >= 4 is 35.1 Å². The van der Waals surface area contributed by atoms with Crippen LogP contribution in [0.3, 0.4) is 0 Å². The van der Waals surface area contributed by atoms with Crippen LogP contribution in [-0.2, 0) is 16.0 Å². The van der Waals surface area contributed by atoms with Gasteiger partial charge in [-0.3, -0.25) is 19.4 Å². The van der Waals surface area contributed by atoms with E-state index in [2.05, 4.69) is 50.3 Å². The molecule has 4 aliphatic heterocycles. The molecule has 7 rings (SSSR count). The molecule has 1 aliphatic carbocycles. The molecule has 2 spiro atoms. The molecule has 0 aromatic carbocycles. The number of pyridine rings is 1. The quantitative estimate of drug-likeness (QED) is 0.584. The number of likely N-dealkylation sites (tertiary alicyclic amines) is 1. The summed E-state index contributed by atoms with van der Waals surface area (Å²) in [7, 11) is 0. The topological polar surface area (TPSA) is 107 Å². The van der Waals surface area contributed by atoms with E-state index in [1.165, 1.54) is 13.1 Å². The molecule has 2 aromatic heterocycles. The molecule has 2 amide bonds. The van der Waals surface area contributed by atoms with Crippen molar-refractivity contribution in [1.29, 1.82) is 0 Å². The zero-order valence-corrected chi connectivity index (χ0v) is 22.2. The van der Waals surface area contributed by atoms with Crippen LogP contribution in [0, 0.1) is 10.8 Å². The van der Waals surface area contributed by atoms with E-state index in [0.717, 1.165) is 50.0 Å². The summed E-state index contributed by atoms with van der Waals surface area (Å²) in [5, 5.41) is 6.11. The maximum absolute atomic E-state index is 13.8. The number of carbonyl (C=O) groups excluding carboxylic acids is 2. The highest BCUT2D eigenvalue weighted by Gasteiger charge is 2.56. The molecule has 5 aliphatic rings. The Morgan fingerprint density at radius 3 is 2.50 bits per heavy atom. The molecule has 4 fully saturated rings. The van der Waals surface area contributed by atoms with Crippen LogP contribution in [0.2, 0.25) is 0 Å². The number of anilines is 4. The van der Waals surface area contributed by atoms with Crippen molar-refractivity contribution in [1.82, 2.24) is 25.2 Å². The number of nitrogens with one attached hydrogen (secondary N) is 2. The van der Waals surface area contributed by atoms with Crippen LogP contribution in [0.1, 0.15) is 51.5 Å². The highest BCUT2D eigenvalue weighted by Crippen LogP contribution is 2.45. The highest BCUT2D eigenvalue weighted by molar-refractivity contribution is 6.14. The number of hydrogen-bond donors (Lipinski definition) is 2. The van der Waals surface area contributed by atoms with Gasteiger partial charge in [-0.25, -0.2) is 9.97 Å². The van der Waals surface area contributed by atoms with Gasteiger partial charge in [0.1, 0.15) is 17.1 Å². The van der Waals surface area contributed by atoms with Gasteiger partial charge in [0.2, 0.25) is 17.8 Å². The Bertz CT molecular complexity index is 1260. The van der Waals surface area contributed by atoms with Crippen LogP contribution in [0.5, 0.6) is 0 Å². The maximum Gasteiger partial charge on any atom is 0.244 e. The van der Waals surface area contributed by atoms with Gasteiger partial charge in [-0.05, 0) is 45.2 Å². The first-order valence-corrected chi connectivity index (χ1v) is 14.1. The van der Waals surface area contributed by atoms with Crippen molar-refractivity contribution in [3.8, 4) is 0 Å². The zero-order chi connectivity index (χ0) is 26.1. The van der Waals surface area contributed by atoms with Crippen LogP contribution in [0.25, 0.3) is 0 Å².